The van der Waals surface area contributed by atoms with Gasteiger partial charge >= 0.3 is 5.97 Å². The van der Waals surface area contributed by atoms with Crippen molar-refractivity contribution < 1.29 is 9.53 Å². The Bertz CT molecular complexity index is 175. The number of esters is 1. The molecule has 0 bridgehead atoms. The van der Waals surface area contributed by atoms with Gasteiger partial charge in [0.2, 0.25) is 0 Å². The monoisotopic (exact) mass is 186 g/mol. The number of thioether (sulfide) groups is 1. The Labute approximate surface area is 77.0 Å². The molecule has 3 heteroatoms. The largest absolute Gasteiger partial charge is 0.450 e. The molecular weight excluding hydrogens is 172 g/mol. The number of carbonyl (C=O) groups excluding carboxylic acids is 1. The zero-order valence-electron chi connectivity index (χ0n) is 7.12. The molecule has 1 aliphatic heterocycles. The molecular formula is C9H14O2S. The van der Waals surface area contributed by atoms with E-state index in [2.05, 4.69) is 0 Å². The van der Waals surface area contributed by atoms with E-state index in [4.69, 9.17) is 4.74 Å². The number of ether oxygens (including phenoxy) is 1. The van der Waals surface area contributed by atoms with E-state index >= 15 is 0 Å². The zero-order valence-corrected chi connectivity index (χ0v) is 7.94. The second-order valence-corrected chi connectivity index (χ2v) is 4.65. The smallest absolute Gasteiger partial charge is 0.317 e. The fourth-order valence-electron chi connectivity index (χ4n) is 1.99. The Kier molecular flexibility index (Phi) is 2.59. The van der Waals surface area contributed by atoms with Crippen LogP contribution in [0.1, 0.15) is 32.1 Å². The summed E-state index contributed by atoms with van der Waals surface area (Å²) in [6.07, 6.45) is 6.51. The molecule has 0 aromatic rings. The Balaban J connectivity index is 1.86. The van der Waals surface area contributed by atoms with Crippen LogP contribution in [0, 0.1) is 5.92 Å². The van der Waals surface area contributed by atoms with Gasteiger partial charge in [-0.15, -0.1) is 11.8 Å². The van der Waals surface area contributed by atoms with Crippen LogP contribution in [0.5, 0.6) is 0 Å². The van der Waals surface area contributed by atoms with Crippen molar-refractivity contribution in [3.05, 3.63) is 0 Å². The van der Waals surface area contributed by atoms with Crippen molar-refractivity contribution in [1.29, 1.82) is 0 Å². The third kappa shape index (κ3) is 1.76. The molecule has 1 unspecified atom stereocenters. The van der Waals surface area contributed by atoms with Crippen LogP contribution in [0.2, 0.25) is 0 Å². The Morgan fingerprint density at radius 2 is 2.00 bits per heavy atom. The summed E-state index contributed by atoms with van der Waals surface area (Å²) >= 11 is 1.69. The molecule has 1 aliphatic carbocycles. The predicted octanol–water partition coefficient (Wildman–Crippen LogP) is 2.18. The van der Waals surface area contributed by atoms with Gasteiger partial charge in [0.15, 0.2) is 5.44 Å². The van der Waals surface area contributed by atoms with Crippen LogP contribution < -0.4 is 0 Å². The second-order valence-electron chi connectivity index (χ2n) is 3.57. The van der Waals surface area contributed by atoms with Gasteiger partial charge in [-0.2, -0.15) is 0 Å². The van der Waals surface area contributed by atoms with Crippen LogP contribution in [0.3, 0.4) is 0 Å². The maximum Gasteiger partial charge on any atom is 0.317 e. The average molecular weight is 186 g/mol. The first kappa shape index (κ1) is 8.42. The van der Waals surface area contributed by atoms with Crippen molar-refractivity contribution in [1.82, 2.24) is 0 Å². The highest BCUT2D eigenvalue weighted by molar-refractivity contribution is 8.00. The van der Waals surface area contributed by atoms with Crippen molar-refractivity contribution in [3.63, 3.8) is 0 Å². The molecule has 0 radical (unpaired) electrons. The molecule has 0 spiro atoms. The van der Waals surface area contributed by atoms with Crippen LogP contribution in [-0.4, -0.2) is 17.2 Å². The topological polar surface area (TPSA) is 26.3 Å². The lowest BCUT2D eigenvalue weighted by molar-refractivity contribution is -0.141. The molecule has 12 heavy (non-hydrogen) atoms. The van der Waals surface area contributed by atoms with E-state index in [1.54, 1.807) is 11.8 Å². The lowest BCUT2D eigenvalue weighted by atomic mass is 9.90. The minimum absolute atomic E-state index is 0.0180. The first-order chi connectivity index (χ1) is 5.86. The summed E-state index contributed by atoms with van der Waals surface area (Å²) in [5, 5.41) is 0. The highest BCUT2D eigenvalue weighted by atomic mass is 32.2. The molecule has 2 fully saturated rings. The summed E-state index contributed by atoms with van der Waals surface area (Å²) in [5.74, 6) is 1.20. The minimum Gasteiger partial charge on any atom is -0.450 e. The van der Waals surface area contributed by atoms with Gasteiger partial charge in [0, 0.05) is 5.92 Å². The summed E-state index contributed by atoms with van der Waals surface area (Å²) in [4.78, 5) is 10.9. The molecule has 1 heterocycles. The Morgan fingerprint density at radius 1 is 1.25 bits per heavy atom. The lowest BCUT2D eigenvalue weighted by Gasteiger charge is -2.25. The molecule has 2 aliphatic rings. The molecule has 0 aromatic carbocycles. The van der Waals surface area contributed by atoms with Crippen molar-refractivity contribution in [2.24, 2.45) is 5.92 Å². The quantitative estimate of drug-likeness (QED) is 0.587. The summed E-state index contributed by atoms with van der Waals surface area (Å²) in [6, 6.07) is 0. The van der Waals surface area contributed by atoms with Gasteiger partial charge in [0.05, 0.1) is 5.75 Å². The van der Waals surface area contributed by atoms with E-state index in [9.17, 15) is 4.79 Å². The number of cyclic esters (lactones) is 1. The Hall–Kier alpha value is -0.180. The third-order valence-electron chi connectivity index (χ3n) is 2.65. The number of hydrogen-bond acceptors (Lipinski definition) is 3. The van der Waals surface area contributed by atoms with Gasteiger partial charge in [-0.3, -0.25) is 4.79 Å². The Morgan fingerprint density at radius 3 is 2.58 bits per heavy atom. The second kappa shape index (κ2) is 3.69. The van der Waals surface area contributed by atoms with E-state index in [-0.39, 0.29) is 11.4 Å². The predicted molar refractivity (Wildman–Crippen MR) is 48.9 cm³/mol. The molecule has 0 aromatic heterocycles. The lowest BCUT2D eigenvalue weighted by Crippen LogP contribution is -2.20. The van der Waals surface area contributed by atoms with Gasteiger partial charge in [-0.05, 0) is 12.8 Å². The number of carbonyl (C=O) groups is 1. The van der Waals surface area contributed by atoms with Crippen LogP contribution >= 0.6 is 11.8 Å². The highest BCUT2D eigenvalue weighted by Crippen LogP contribution is 2.36. The normalized spacial score (nSPS) is 32.0. The maximum absolute atomic E-state index is 10.9. The minimum atomic E-state index is -0.0180. The van der Waals surface area contributed by atoms with E-state index in [0.717, 1.165) is 0 Å². The van der Waals surface area contributed by atoms with Crippen molar-refractivity contribution in [3.8, 4) is 0 Å². The first-order valence-electron chi connectivity index (χ1n) is 4.67. The standard InChI is InChI=1S/C9H14O2S/c10-8-6-12-9(11-8)7-4-2-1-3-5-7/h7,9H,1-6H2. The van der Waals surface area contributed by atoms with Crippen molar-refractivity contribution >= 4 is 17.7 Å². The van der Waals surface area contributed by atoms with Gasteiger partial charge in [0.25, 0.3) is 0 Å². The molecule has 1 saturated carbocycles. The third-order valence-corrected chi connectivity index (χ3v) is 3.86. The SMILES string of the molecule is O=C1CSC(C2CCCCC2)O1. The van der Waals surface area contributed by atoms with Crippen LogP contribution in [0.4, 0.5) is 0 Å². The maximum atomic E-state index is 10.9. The molecule has 1 atom stereocenters. The van der Waals surface area contributed by atoms with E-state index < -0.39 is 0 Å². The van der Waals surface area contributed by atoms with Gasteiger partial charge in [0.1, 0.15) is 0 Å². The molecule has 68 valence electrons. The number of rotatable bonds is 1. The van der Waals surface area contributed by atoms with Gasteiger partial charge in [-0.25, -0.2) is 0 Å². The molecule has 2 nitrogen and oxygen atoms in total. The average Bonchev–Trinajstić information content (AvgIpc) is 2.54. The van der Waals surface area contributed by atoms with E-state index in [1.165, 1.54) is 32.1 Å². The van der Waals surface area contributed by atoms with Gasteiger partial charge < -0.3 is 4.74 Å². The fraction of sp³-hybridized carbons (Fsp3) is 0.889. The first-order valence-corrected chi connectivity index (χ1v) is 5.72. The zero-order chi connectivity index (χ0) is 8.39. The summed E-state index contributed by atoms with van der Waals surface area (Å²) in [5.41, 5.74) is 0.192. The van der Waals surface area contributed by atoms with Crippen LogP contribution in [0.25, 0.3) is 0 Å². The van der Waals surface area contributed by atoms with Crippen LogP contribution in [-0.2, 0) is 9.53 Å². The number of hydrogen-bond donors (Lipinski definition) is 0. The van der Waals surface area contributed by atoms with Gasteiger partial charge in [-0.1, -0.05) is 19.3 Å². The van der Waals surface area contributed by atoms with E-state index in [1.807, 2.05) is 0 Å². The molecule has 2 rings (SSSR count). The highest BCUT2D eigenvalue weighted by Gasteiger charge is 2.32. The fourth-order valence-corrected chi connectivity index (χ4v) is 3.07. The molecule has 1 saturated heterocycles. The van der Waals surface area contributed by atoms with Crippen molar-refractivity contribution in [2.45, 2.75) is 37.5 Å². The summed E-state index contributed by atoms with van der Waals surface area (Å²) in [6.45, 7) is 0. The van der Waals surface area contributed by atoms with Crippen LogP contribution in [0.15, 0.2) is 0 Å². The van der Waals surface area contributed by atoms with Crippen molar-refractivity contribution in [2.75, 3.05) is 5.75 Å². The molecule has 0 N–H and O–H groups in total. The summed E-state index contributed by atoms with van der Waals surface area (Å²) < 4.78 is 5.22. The van der Waals surface area contributed by atoms with E-state index in [0.29, 0.717) is 11.7 Å². The molecule has 0 amide bonds. The summed E-state index contributed by atoms with van der Waals surface area (Å²) in [7, 11) is 0.